The van der Waals surface area contributed by atoms with Crippen molar-refractivity contribution in [3.05, 3.63) is 11.6 Å². The average Bonchev–Trinajstić information content (AvgIpc) is 3.25. The van der Waals surface area contributed by atoms with Gasteiger partial charge in [0.25, 0.3) is 0 Å². The summed E-state index contributed by atoms with van der Waals surface area (Å²) >= 11 is 0. The van der Waals surface area contributed by atoms with Gasteiger partial charge in [0, 0.05) is 12.8 Å². The normalized spacial score (nSPS) is 53.8. The molecule has 0 aliphatic heterocycles. The number of fused-ring (bicyclic) bond motifs is 5. The average molecular weight is 331 g/mol. The van der Waals surface area contributed by atoms with Gasteiger partial charge in [-0.25, -0.2) is 0 Å². The summed E-state index contributed by atoms with van der Waals surface area (Å²) in [6.07, 6.45) is 16.4. The molecule has 6 atom stereocenters. The Bertz CT molecular complexity index is 564. The molecule has 0 aromatic heterocycles. The summed E-state index contributed by atoms with van der Waals surface area (Å²) in [6, 6.07) is 0. The molecule has 0 bridgehead atoms. The van der Waals surface area contributed by atoms with Crippen molar-refractivity contribution in [2.45, 2.75) is 96.4 Å². The first kappa shape index (κ1) is 15.9. The Kier molecular flexibility index (Phi) is 3.37. The second-order valence-corrected chi connectivity index (χ2v) is 10.3. The Morgan fingerprint density at radius 1 is 1.00 bits per heavy atom. The fourth-order valence-corrected chi connectivity index (χ4v) is 7.21. The van der Waals surface area contributed by atoms with E-state index in [0.717, 1.165) is 49.9 Å². The lowest BCUT2D eigenvalue weighted by Gasteiger charge is -2.58. The zero-order valence-corrected chi connectivity index (χ0v) is 15.5. The Labute approximate surface area is 147 Å². The molecule has 0 unspecified atom stereocenters. The predicted molar refractivity (Wildman–Crippen MR) is 95.4 cm³/mol. The molecule has 0 heterocycles. The van der Waals surface area contributed by atoms with Crippen LogP contribution in [0.1, 0.15) is 84.5 Å². The van der Waals surface area contributed by atoms with Crippen LogP contribution in [0.2, 0.25) is 0 Å². The van der Waals surface area contributed by atoms with Gasteiger partial charge in [-0.3, -0.25) is 0 Å². The van der Waals surface area contributed by atoms with Gasteiger partial charge in [0.2, 0.25) is 0 Å². The highest BCUT2D eigenvalue weighted by molar-refractivity contribution is 5.26. The standard InChI is InChI=1S/C22H34O2/c1-20-10-3-4-18(20)17-8-5-15-14-22(23,24-16-6-7-16)13-12-21(15,2)19(17)9-11-20/h5,16-19,23H,3-4,6-14H2,1-2H3/t17-,18-,19-,20-,21-,22+/m0/s1. The summed E-state index contributed by atoms with van der Waals surface area (Å²) in [5.41, 5.74) is 2.49. The smallest absolute Gasteiger partial charge is 0.169 e. The number of allylic oxidation sites excluding steroid dienone is 1. The van der Waals surface area contributed by atoms with Gasteiger partial charge in [-0.2, -0.15) is 0 Å². The summed E-state index contributed by atoms with van der Waals surface area (Å²) in [4.78, 5) is 0. The second kappa shape index (κ2) is 5.10. The topological polar surface area (TPSA) is 29.5 Å². The van der Waals surface area contributed by atoms with Gasteiger partial charge in [0.15, 0.2) is 5.79 Å². The van der Waals surface area contributed by atoms with Crippen LogP contribution in [-0.4, -0.2) is 17.0 Å². The molecule has 0 spiro atoms. The SMILES string of the molecule is C[C@@]12CCC[C@H]1[C@@H]1CC=C3C[C@](O)(OC4CC4)CC[C@]3(C)[C@H]1CC2. The summed E-state index contributed by atoms with van der Waals surface area (Å²) in [5.74, 6) is 1.83. The van der Waals surface area contributed by atoms with Crippen LogP contribution in [0.4, 0.5) is 0 Å². The highest BCUT2D eigenvalue weighted by atomic mass is 16.6. The summed E-state index contributed by atoms with van der Waals surface area (Å²) in [5, 5.41) is 11.0. The number of aliphatic hydroxyl groups is 1. The highest BCUT2D eigenvalue weighted by Gasteiger charge is 2.57. The molecule has 0 amide bonds. The molecule has 0 saturated heterocycles. The number of hydrogen-bond acceptors (Lipinski definition) is 2. The van der Waals surface area contributed by atoms with Gasteiger partial charge in [-0.1, -0.05) is 31.9 Å². The van der Waals surface area contributed by atoms with Crippen molar-refractivity contribution in [2.75, 3.05) is 0 Å². The number of hydrogen-bond donors (Lipinski definition) is 1. The monoisotopic (exact) mass is 330 g/mol. The van der Waals surface area contributed by atoms with Crippen molar-refractivity contribution in [3.8, 4) is 0 Å². The van der Waals surface area contributed by atoms with E-state index in [-0.39, 0.29) is 0 Å². The molecule has 2 nitrogen and oxygen atoms in total. The minimum atomic E-state index is -0.865. The first-order chi connectivity index (χ1) is 11.4. The molecule has 2 heteroatoms. The van der Waals surface area contributed by atoms with Crippen LogP contribution in [0.15, 0.2) is 11.6 Å². The maximum Gasteiger partial charge on any atom is 0.169 e. The maximum atomic E-state index is 11.0. The van der Waals surface area contributed by atoms with Gasteiger partial charge in [-0.05, 0) is 80.0 Å². The molecular formula is C22H34O2. The molecule has 5 rings (SSSR count). The molecule has 5 aliphatic rings. The van der Waals surface area contributed by atoms with E-state index < -0.39 is 5.79 Å². The minimum absolute atomic E-state index is 0.325. The van der Waals surface area contributed by atoms with E-state index in [9.17, 15) is 5.11 Å². The Balaban J connectivity index is 1.42. The first-order valence-electron chi connectivity index (χ1n) is 10.5. The zero-order valence-electron chi connectivity index (χ0n) is 15.5. The van der Waals surface area contributed by atoms with E-state index in [1.165, 1.54) is 44.1 Å². The third-order valence-electron chi connectivity index (χ3n) is 8.82. The van der Waals surface area contributed by atoms with Gasteiger partial charge < -0.3 is 9.84 Å². The third kappa shape index (κ3) is 2.28. The van der Waals surface area contributed by atoms with E-state index in [1.807, 2.05) is 0 Å². The van der Waals surface area contributed by atoms with Crippen LogP contribution in [-0.2, 0) is 4.74 Å². The summed E-state index contributed by atoms with van der Waals surface area (Å²) in [7, 11) is 0. The Morgan fingerprint density at radius 3 is 2.62 bits per heavy atom. The lowest BCUT2D eigenvalue weighted by atomic mass is 9.48. The molecule has 24 heavy (non-hydrogen) atoms. The summed E-state index contributed by atoms with van der Waals surface area (Å²) in [6.45, 7) is 5.09. The lowest BCUT2D eigenvalue weighted by molar-refractivity contribution is -0.231. The van der Waals surface area contributed by atoms with Gasteiger partial charge in [-0.15, -0.1) is 0 Å². The molecular weight excluding hydrogens is 296 g/mol. The van der Waals surface area contributed by atoms with Crippen LogP contribution >= 0.6 is 0 Å². The van der Waals surface area contributed by atoms with Crippen LogP contribution in [0.5, 0.6) is 0 Å². The minimum Gasteiger partial charge on any atom is -0.365 e. The van der Waals surface area contributed by atoms with Gasteiger partial charge in [0.05, 0.1) is 6.10 Å². The molecule has 4 fully saturated rings. The lowest BCUT2D eigenvalue weighted by Crippen LogP contribution is -2.52. The van der Waals surface area contributed by atoms with E-state index in [4.69, 9.17) is 4.74 Å². The van der Waals surface area contributed by atoms with Crippen LogP contribution in [0.25, 0.3) is 0 Å². The molecule has 0 aromatic carbocycles. The largest absolute Gasteiger partial charge is 0.365 e. The molecule has 5 aliphatic carbocycles. The number of ether oxygens (including phenoxy) is 1. The fourth-order valence-electron chi connectivity index (χ4n) is 7.21. The van der Waals surface area contributed by atoms with Crippen molar-refractivity contribution in [1.82, 2.24) is 0 Å². The van der Waals surface area contributed by atoms with E-state index in [1.54, 1.807) is 0 Å². The molecule has 0 radical (unpaired) electrons. The number of rotatable bonds is 2. The van der Waals surface area contributed by atoms with Gasteiger partial charge >= 0.3 is 0 Å². The third-order valence-corrected chi connectivity index (χ3v) is 8.82. The summed E-state index contributed by atoms with van der Waals surface area (Å²) < 4.78 is 6.02. The highest BCUT2D eigenvalue weighted by Crippen LogP contribution is 2.65. The molecule has 4 saturated carbocycles. The first-order valence-corrected chi connectivity index (χ1v) is 10.5. The predicted octanol–water partition coefficient (Wildman–Crippen LogP) is 5.21. The van der Waals surface area contributed by atoms with E-state index in [2.05, 4.69) is 19.9 Å². The molecule has 1 N–H and O–H groups in total. The fraction of sp³-hybridized carbons (Fsp3) is 0.909. The maximum absolute atomic E-state index is 11.0. The van der Waals surface area contributed by atoms with E-state index >= 15 is 0 Å². The van der Waals surface area contributed by atoms with Crippen molar-refractivity contribution < 1.29 is 9.84 Å². The van der Waals surface area contributed by atoms with Crippen molar-refractivity contribution >= 4 is 0 Å². The molecule has 0 aromatic rings. The zero-order chi connectivity index (χ0) is 16.6. The van der Waals surface area contributed by atoms with Gasteiger partial charge in [0.1, 0.15) is 0 Å². The van der Waals surface area contributed by atoms with Crippen molar-refractivity contribution in [1.29, 1.82) is 0 Å². The van der Waals surface area contributed by atoms with E-state index in [0.29, 0.717) is 16.9 Å². The van der Waals surface area contributed by atoms with Crippen molar-refractivity contribution in [3.63, 3.8) is 0 Å². The van der Waals surface area contributed by atoms with Crippen LogP contribution in [0.3, 0.4) is 0 Å². The second-order valence-electron chi connectivity index (χ2n) is 10.3. The quantitative estimate of drug-likeness (QED) is 0.556. The van der Waals surface area contributed by atoms with Crippen LogP contribution in [0, 0.1) is 28.6 Å². The van der Waals surface area contributed by atoms with Crippen LogP contribution < -0.4 is 0 Å². The Morgan fingerprint density at radius 2 is 1.83 bits per heavy atom. The van der Waals surface area contributed by atoms with Crippen molar-refractivity contribution in [2.24, 2.45) is 28.6 Å². The molecule has 134 valence electrons. The Hall–Kier alpha value is -0.340.